The van der Waals surface area contributed by atoms with Crippen LogP contribution in [0.25, 0.3) is 54.5 Å². The second-order valence-corrected chi connectivity index (χ2v) is 27.6. The zero-order chi connectivity index (χ0) is 58.5. The first kappa shape index (κ1) is 61.4. The number of aromatic amines is 1. The molecule has 0 amide bonds. The van der Waals surface area contributed by atoms with Crippen molar-refractivity contribution in [2.75, 3.05) is 0 Å². The van der Waals surface area contributed by atoms with Gasteiger partial charge < -0.3 is 18.3 Å². The quantitative estimate of drug-likeness (QED) is 0.175. The number of para-hydroxylation sites is 1. The number of benzene rings is 5. The number of hydrogen-bond donors (Lipinski definition) is 1. The van der Waals surface area contributed by atoms with E-state index < -0.39 is 0 Å². The summed E-state index contributed by atoms with van der Waals surface area (Å²) < 4.78 is 35.5. The smallest absolute Gasteiger partial charge is 0.148 e. The van der Waals surface area contributed by atoms with E-state index in [1.54, 1.807) is 12.3 Å². The van der Waals surface area contributed by atoms with Crippen molar-refractivity contribution >= 4 is 77.7 Å². The second kappa shape index (κ2) is 22.7. The third-order valence-electron chi connectivity index (χ3n) is 14.6. The fourth-order valence-corrected chi connectivity index (χ4v) is 12.0. The van der Waals surface area contributed by atoms with Gasteiger partial charge in [-0.1, -0.05) is 177 Å². The highest BCUT2D eigenvalue weighted by Crippen LogP contribution is 2.40. The molecular weight excluding hydrogens is 1010 g/mol. The Kier molecular flexibility index (Phi) is 17.9. The van der Waals surface area contributed by atoms with E-state index in [1.807, 2.05) is 86.7 Å². The van der Waals surface area contributed by atoms with Crippen LogP contribution in [0.1, 0.15) is 168 Å². The molecule has 0 bridgehead atoms. The van der Waals surface area contributed by atoms with Crippen LogP contribution in [0.2, 0.25) is 10.0 Å². The lowest BCUT2D eigenvalue weighted by Crippen LogP contribution is -2.15. The molecule has 0 aliphatic rings. The SMILES string of the molecule is Cc1[nH]nc2ccc(C(C)C)c(C(C)(C)C)c12.Cc1ccc2c(Cl)cn(C)c2c1C(C)(C)C.Cn1cc(F)c2cccc(C(C)(C)C)c21.Cn1ccc2ccc(Cl)c(C(C)(C)C)c21.Cn1ccc2ccc(F)c(C(C)(C)C)c21. The van der Waals surface area contributed by atoms with E-state index in [9.17, 15) is 8.78 Å². The summed E-state index contributed by atoms with van der Waals surface area (Å²) in [7, 11) is 7.97. The minimum absolute atomic E-state index is 0.0397. The number of fused-ring (bicyclic) bond motifs is 5. The van der Waals surface area contributed by atoms with Crippen LogP contribution in [-0.4, -0.2) is 28.5 Å². The summed E-state index contributed by atoms with van der Waals surface area (Å²) in [6, 6.07) is 26.1. The van der Waals surface area contributed by atoms with Crippen molar-refractivity contribution in [3.63, 3.8) is 0 Å². The lowest BCUT2D eigenvalue weighted by molar-refractivity contribution is 0.526. The number of hydrogen-bond acceptors (Lipinski definition) is 1. The zero-order valence-electron chi connectivity index (χ0n) is 51.1. The molecular formula is C68H88Cl2F2N6. The largest absolute Gasteiger partial charge is 0.350 e. The number of halogens is 4. The van der Waals surface area contributed by atoms with Gasteiger partial charge in [0, 0.05) is 96.4 Å². The Morgan fingerprint density at radius 1 is 0.474 bits per heavy atom. The molecule has 1 N–H and O–H groups in total. The Bertz CT molecular complexity index is 3650. The van der Waals surface area contributed by atoms with E-state index in [-0.39, 0.29) is 38.7 Å². The van der Waals surface area contributed by atoms with Crippen molar-refractivity contribution in [3.8, 4) is 0 Å². The van der Waals surface area contributed by atoms with Gasteiger partial charge in [-0.05, 0) is 123 Å². The van der Waals surface area contributed by atoms with Gasteiger partial charge in [-0.2, -0.15) is 5.10 Å². The van der Waals surface area contributed by atoms with Crippen LogP contribution < -0.4 is 0 Å². The standard InChI is InChI=1S/C15H22N2.C14H18ClN.C13H16ClN.2C13H16FN/c1-9(2)11-7-8-12-13(10(3)16-17-12)14(11)15(4,5)6;1-9-6-7-10-11(15)8-16(5)13(10)12(9)14(2,3)4;2*1-13(2,3)11-10(14)6-5-9-7-8-15(4)12(9)11;1-13(2,3)10-7-5-6-9-11(14)8-15(4)12(9)10/h7-9H,1-6H3,(H,16,17);6-8H,1-5H3;3*5-8H,1-4H3. The van der Waals surface area contributed by atoms with Crippen molar-refractivity contribution in [1.29, 1.82) is 0 Å². The minimum Gasteiger partial charge on any atom is -0.350 e. The Balaban J connectivity index is 0.000000158. The van der Waals surface area contributed by atoms with E-state index in [0.717, 1.165) is 42.9 Å². The summed E-state index contributed by atoms with van der Waals surface area (Å²) in [5, 5.41) is 14.7. The van der Waals surface area contributed by atoms with Gasteiger partial charge in [0.15, 0.2) is 0 Å². The average molecular weight is 1100 g/mol. The normalized spacial score (nSPS) is 12.4. The molecule has 10 heteroatoms. The average Bonchev–Trinajstić information content (AvgIpc) is 4.13. The van der Waals surface area contributed by atoms with Gasteiger partial charge in [0.1, 0.15) is 11.6 Å². The number of nitrogens with one attached hydrogen (secondary N) is 1. The monoisotopic (exact) mass is 1100 g/mol. The molecule has 5 aromatic heterocycles. The molecule has 6 nitrogen and oxygen atoms in total. The Hall–Kier alpha value is -5.83. The van der Waals surface area contributed by atoms with Gasteiger partial charge in [-0.15, -0.1) is 0 Å². The van der Waals surface area contributed by atoms with Gasteiger partial charge in [0.2, 0.25) is 0 Å². The fraction of sp³-hybridized carbons (Fsp3) is 0.426. The van der Waals surface area contributed by atoms with E-state index in [4.69, 9.17) is 23.2 Å². The van der Waals surface area contributed by atoms with Gasteiger partial charge in [0.05, 0.1) is 32.6 Å². The maximum Gasteiger partial charge on any atom is 0.148 e. The predicted molar refractivity (Wildman–Crippen MR) is 335 cm³/mol. The molecule has 0 atom stereocenters. The topological polar surface area (TPSA) is 48.4 Å². The maximum absolute atomic E-state index is 13.9. The van der Waals surface area contributed by atoms with Gasteiger partial charge in [-0.3, -0.25) is 5.10 Å². The molecule has 0 radical (unpaired) electrons. The number of H-pyrrole nitrogens is 1. The van der Waals surface area contributed by atoms with Crippen molar-refractivity contribution in [1.82, 2.24) is 28.5 Å². The van der Waals surface area contributed by atoms with E-state index in [1.165, 1.54) is 60.9 Å². The summed E-state index contributed by atoms with van der Waals surface area (Å²) in [5.41, 5.74) is 15.8. The molecule has 78 heavy (non-hydrogen) atoms. The Morgan fingerprint density at radius 2 is 1.00 bits per heavy atom. The predicted octanol–water partition coefficient (Wildman–Crippen LogP) is 20.1. The van der Waals surface area contributed by atoms with Crippen molar-refractivity contribution in [2.24, 2.45) is 28.2 Å². The third-order valence-corrected chi connectivity index (χ3v) is 15.2. The summed E-state index contributed by atoms with van der Waals surface area (Å²) >= 11 is 12.5. The lowest BCUT2D eigenvalue weighted by Gasteiger charge is -2.26. The minimum atomic E-state index is -0.171. The first-order chi connectivity index (χ1) is 35.9. The van der Waals surface area contributed by atoms with E-state index in [0.29, 0.717) is 11.3 Å². The molecule has 0 aliphatic heterocycles. The van der Waals surface area contributed by atoms with Crippen molar-refractivity contribution in [2.45, 2.75) is 165 Å². The number of rotatable bonds is 1. The summed E-state index contributed by atoms with van der Waals surface area (Å²) in [4.78, 5) is 0. The van der Waals surface area contributed by atoms with Gasteiger partial charge >= 0.3 is 0 Å². The molecule has 5 heterocycles. The first-order valence-electron chi connectivity index (χ1n) is 27.3. The molecule has 0 saturated carbocycles. The van der Waals surface area contributed by atoms with Crippen molar-refractivity contribution in [3.05, 3.63) is 170 Å². The van der Waals surface area contributed by atoms with E-state index in [2.05, 4.69) is 193 Å². The fourth-order valence-electron chi connectivity index (χ4n) is 11.3. The maximum atomic E-state index is 13.9. The Morgan fingerprint density at radius 3 is 1.53 bits per heavy atom. The second-order valence-electron chi connectivity index (χ2n) is 26.8. The van der Waals surface area contributed by atoms with Crippen LogP contribution in [0, 0.1) is 25.5 Å². The van der Waals surface area contributed by atoms with Crippen LogP contribution in [-0.2, 0) is 55.3 Å². The highest BCUT2D eigenvalue weighted by molar-refractivity contribution is 6.35. The molecule has 0 saturated heterocycles. The van der Waals surface area contributed by atoms with Crippen LogP contribution >= 0.6 is 23.2 Å². The molecule has 0 aliphatic carbocycles. The molecule has 0 unspecified atom stereocenters. The lowest BCUT2D eigenvalue weighted by atomic mass is 9.78. The molecule has 0 fully saturated rings. The molecule has 418 valence electrons. The molecule has 0 spiro atoms. The summed E-state index contributed by atoms with van der Waals surface area (Å²) in [6.07, 6.45) is 7.58. The van der Waals surface area contributed by atoms with Gasteiger partial charge in [-0.25, -0.2) is 8.78 Å². The van der Waals surface area contributed by atoms with Gasteiger partial charge in [0.25, 0.3) is 0 Å². The zero-order valence-corrected chi connectivity index (χ0v) is 52.7. The van der Waals surface area contributed by atoms with Crippen LogP contribution in [0.5, 0.6) is 0 Å². The Labute approximate surface area is 475 Å². The number of nitrogens with zero attached hydrogens (tertiary/aromatic N) is 5. The third kappa shape index (κ3) is 12.9. The van der Waals surface area contributed by atoms with Crippen LogP contribution in [0.15, 0.2) is 104 Å². The summed E-state index contributed by atoms with van der Waals surface area (Å²) in [6.45, 7) is 41.5. The van der Waals surface area contributed by atoms with Crippen molar-refractivity contribution < 1.29 is 8.78 Å². The number of aryl methyl sites for hydroxylation is 6. The van der Waals surface area contributed by atoms with E-state index >= 15 is 0 Å². The van der Waals surface area contributed by atoms with Crippen LogP contribution in [0.3, 0.4) is 0 Å². The molecule has 5 aromatic carbocycles. The van der Waals surface area contributed by atoms with Crippen LogP contribution in [0.4, 0.5) is 8.78 Å². The molecule has 10 rings (SSSR count). The first-order valence-corrected chi connectivity index (χ1v) is 28.1. The summed E-state index contributed by atoms with van der Waals surface area (Å²) in [5.74, 6) is 0.290. The number of aromatic nitrogens is 6. The highest BCUT2D eigenvalue weighted by atomic mass is 35.5. The highest BCUT2D eigenvalue weighted by Gasteiger charge is 2.27. The molecule has 10 aromatic rings.